The Labute approximate surface area is 133 Å². The molecule has 0 spiro atoms. The van der Waals surface area contributed by atoms with E-state index in [0.717, 1.165) is 18.4 Å². The molecule has 1 heterocycles. The Morgan fingerprint density at radius 3 is 2.26 bits per heavy atom. The molecular formula is C14H19F3N2O3S. The molecule has 1 aromatic rings. The summed E-state index contributed by atoms with van der Waals surface area (Å²) in [5, 5.41) is 0. The average Bonchev–Trinajstić information content (AvgIpc) is 2.47. The molecule has 0 bridgehead atoms. The third-order valence-corrected chi connectivity index (χ3v) is 4.34. The van der Waals surface area contributed by atoms with Crippen LogP contribution in [0.15, 0.2) is 24.3 Å². The van der Waals surface area contributed by atoms with Crippen LogP contribution < -0.4 is 4.72 Å². The van der Waals surface area contributed by atoms with Crippen molar-refractivity contribution in [3.63, 3.8) is 0 Å². The van der Waals surface area contributed by atoms with Gasteiger partial charge in [0.05, 0.1) is 25.0 Å². The van der Waals surface area contributed by atoms with Gasteiger partial charge >= 0.3 is 6.18 Å². The molecule has 130 valence electrons. The number of nitrogens with one attached hydrogen (secondary N) is 1. The number of benzene rings is 1. The molecule has 23 heavy (non-hydrogen) atoms. The van der Waals surface area contributed by atoms with Crippen LogP contribution in [0.2, 0.25) is 0 Å². The molecule has 0 amide bonds. The van der Waals surface area contributed by atoms with Crippen LogP contribution in [0.4, 0.5) is 13.2 Å². The summed E-state index contributed by atoms with van der Waals surface area (Å²) in [7, 11) is -3.39. The van der Waals surface area contributed by atoms with Crippen LogP contribution in [-0.4, -0.2) is 52.4 Å². The van der Waals surface area contributed by atoms with E-state index in [1.54, 1.807) is 0 Å². The van der Waals surface area contributed by atoms with Gasteiger partial charge in [-0.15, -0.1) is 0 Å². The third kappa shape index (κ3) is 5.45. The van der Waals surface area contributed by atoms with Crippen LogP contribution in [0, 0.1) is 0 Å². The van der Waals surface area contributed by atoms with Gasteiger partial charge in [-0.2, -0.15) is 13.2 Å². The largest absolute Gasteiger partial charge is 0.416 e. The lowest BCUT2D eigenvalue weighted by molar-refractivity contribution is -0.137. The van der Waals surface area contributed by atoms with Gasteiger partial charge in [0.1, 0.15) is 0 Å². The van der Waals surface area contributed by atoms with Crippen molar-refractivity contribution < 1.29 is 26.3 Å². The van der Waals surface area contributed by atoms with Crippen molar-refractivity contribution in [1.82, 2.24) is 9.62 Å². The maximum absolute atomic E-state index is 12.7. The Morgan fingerprint density at radius 1 is 1.22 bits per heavy atom. The molecule has 5 nitrogen and oxygen atoms in total. The van der Waals surface area contributed by atoms with Gasteiger partial charge in [-0.3, -0.25) is 4.90 Å². The molecular weight excluding hydrogens is 333 g/mol. The van der Waals surface area contributed by atoms with Crippen molar-refractivity contribution in [2.45, 2.75) is 12.2 Å². The zero-order chi connectivity index (χ0) is 17.1. The predicted octanol–water partition coefficient (Wildman–Crippen LogP) is 1.63. The van der Waals surface area contributed by atoms with Crippen molar-refractivity contribution in [3.05, 3.63) is 35.4 Å². The topological polar surface area (TPSA) is 58.6 Å². The summed E-state index contributed by atoms with van der Waals surface area (Å²) in [5.74, 6) is 0. The van der Waals surface area contributed by atoms with Crippen LogP contribution in [0.25, 0.3) is 0 Å². The standard InChI is InChI=1S/C14H19F3N2O3S/c1-23(20,21)18-10-13(19-6-8-22-9-7-19)11-2-4-12(5-3-11)14(15,16)17/h2-5,13,18H,6-10H2,1H3. The minimum Gasteiger partial charge on any atom is -0.379 e. The molecule has 1 aromatic carbocycles. The van der Waals surface area contributed by atoms with Crippen LogP contribution in [0.3, 0.4) is 0 Å². The van der Waals surface area contributed by atoms with E-state index in [0.29, 0.717) is 31.9 Å². The first-order chi connectivity index (χ1) is 10.7. The fourth-order valence-electron chi connectivity index (χ4n) is 2.47. The normalized spacial score (nSPS) is 18.8. The second kappa shape index (κ2) is 7.16. The summed E-state index contributed by atoms with van der Waals surface area (Å²) in [6.07, 6.45) is -3.34. The SMILES string of the molecule is CS(=O)(=O)NCC(c1ccc(C(F)(F)F)cc1)N1CCOCC1. The molecule has 0 radical (unpaired) electrons. The van der Waals surface area contributed by atoms with Crippen LogP contribution in [-0.2, 0) is 20.9 Å². The highest BCUT2D eigenvalue weighted by Gasteiger charge is 2.31. The van der Waals surface area contributed by atoms with Crippen LogP contribution >= 0.6 is 0 Å². The zero-order valence-corrected chi connectivity index (χ0v) is 13.5. The number of alkyl halides is 3. The fraction of sp³-hybridized carbons (Fsp3) is 0.571. The lowest BCUT2D eigenvalue weighted by Crippen LogP contribution is -2.43. The molecule has 1 saturated heterocycles. The molecule has 1 aliphatic heterocycles. The second-order valence-electron chi connectivity index (χ2n) is 5.40. The van der Waals surface area contributed by atoms with Gasteiger partial charge in [0, 0.05) is 25.7 Å². The Kier molecular flexibility index (Phi) is 5.66. The van der Waals surface area contributed by atoms with Gasteiger partial charge in [-0.25, -0.2) is 13.1 Å². The summed E-state index contributed by atoms with van der Waals surface area (Å²) in [6, 6.07) is 4.49. The quantitative estimate of drug-likeness (QED) is 0.875. The first-order valence-electron chi connectivity index (χ1n) is 7.10. The van der Waals surface area contributed by atoms with E-state index in [9.17, 15) is 21.6 Å². The molecule has 1 atom stereocenters. The van der Waals surface area contributed by atoms with Crippen molar-refractivity contribution in [3.8, 4) is 0 Å². The maximum atomic E-state index is 12.7. The summed E-state index contributed by atoms with van der Waals surface area (Å²) in [6.45, 7) is 2.31. The van der Waals surface area contributed by atoms with E-state index in [1.165, 1.54) is 12.1 Å². The molecule has 2 rings (SSSR count). The van der Waals surface area contributed by atoms with Gasteiger partial charge < -0.3 is 4.74 Å². The Morgan fingerprint density at radius 2 is 1.78 bits per heavy atom. The Balaban J connectivity index is 2.21. The van der Waals surface area contributed by atoms with Crippen molar-refractivity contribution in [2.75, 3.05) is 39.1 Å². The maximum Gasteiger partial charge on any atom is 0.416 e. The van der Waals surface area contributed by atoms with E-state index in [-0.39, 0.29) is 12.6 Å². The number of halogens is 3. The highest BCUT2D eigenvalue weighted by molar-refractivity contribution is 7.88. The number of nitrogens with zero attached hydrogens (tertiary/aromatic N) is 1. The zero-order valence-electron chi connectivity index (χ0n) is 12.6. The van der Waals surface area contributed by atoms with Crippen LogP contribution in [0.1, 0.15) is 17.2 Å². The van der Waals surface area contributed by atoms with Gasteiger partial charge in [0.15, 0.2) is 0 Å². The fourth-order valence-corrected chi connectivity index (χ4v) is 2.93. The lowest BCUT2D eigenvalue weighted by atomic mass is 10.0. The number of rotatable bonds is 5. The Hall–Kier alpha value is -1.16. The average molecular weight is 352 g/mol. The van der Waals surface area contributed by atoms with E-state index >= 15 is 0 Å². The smallest absolute Gasteiger partial charge is 0.379 e. The number of morpholine rings is 1. The monoisotopic (exact) mass is 352 g/mol. The molecule has 9 heteroatoms. The summed E-state index contributed by atoms with van der Waals surface area (Å²) >= 11 is 0. The first-order valence-corrected chi connectivity index (χ1v) is 8.99. The molecule has 1 N–H and O–H groups in total. The van der Waals surface area contributed by atoms with Crippen LogP contribution in [0.5, 0.6) is 0 Å². The third-order valence-electron chi connectivity index (χ3n) is 3.65. The van der Waals surface area contributed by atoms with E-state index in [4.69, 9.17) is 4.74 Å². The number of sulfonamides is 1. The lowest BCUT2D eigenvalue weighted by Gasteiger charge is -2.34. The van der Waals surface area contributed by atoms with Crippen molar-refractivity contribution >= 4 is 10.0 Å². The first kappa shape index (κ1) is 18.2. The van der Waals surface area contributed by atoms with Crippen molar-refractivity contribution in [2.24, 2.45) is 0 Å². The van der Waals surface area contributed by atoms with E-state index < -0.39 is 21.8 Å². The molecule has 0 saturated carbocycles. The number of hydrogen-bond acceptors (Lipinski definition) is 4. The van der Waals surface area contributed by atoms with Gasteiger partial charge in [-0.1, -0.05) is 12.1 Å². The molecule has 1 fully saturated rings. The highest BCUT2D eigenvalue weighted by atomic mass is 32.2. The Bertz CT molecular complexity index is 611. The molecule has 1 unspecified atom stereocenters. The van der Waals surface area contributed by atoms with Gasteiger partial charge in [0.25, 0.3) is 0 Å². The summed E-state index contributed by atoms with van der Waals surface area (Å²) in [5.41, 5.74) is -0.0888. The predicted molar refractivity (Wildman–Crippen MR) is 79.4 cm³/mol. The van der Waals surface area contributed by atoms with Crippen molar-refractivity contribution in [1.29, 1.82) is 0 Å². The number of ether oxygens (including phenoxy) is 1. The highest BCUT2D eigenvalue weighted by Crippen LogP contribution is 2.31. The molecule has 0 aromatic heterocycles. The number of hydrogen-bond donors (Lipinski definition) is 1. The summed E-state index contributed by atoms with van der Waals surface area (Å²) in [4.78, 5) is 2.00. The minimum atomic E-state index is -4.39. The van der Waals surface area contributed by atoms with Gasteiger partial charge in [-0.05, 0) is 17.7 Å². The molecule has 1 aliphatic rings. The minimum absolute atomic E-state index is 0.101. The molecule has 0 aliphatic carbocycles. The van der Waals surface area contributed by atoms with Gasteiger partial charge in [0.2, 0.25) is 10.0 Å². The van der Waals surface area contributed by atoms with E-state index in [2.05, 4.69) is 4.72 Å². The second-order valence-corrected chi connectivity index (χ2v) is 7.24. The summed E-state index contributed by atoms with van der Waals surface area (Å²) < 4.78 is 68.3. The van der Waals surface area contributed by atoms with E-state index in [1.807, 2.05) is 4.90 Å².